The van der Waals surface area contributed by atoms with Crippen molar-refractivity contribution in [3.63, 3.8) is 0 Å². The lowest BCUT2D eigenvalue weighted by atomic mass is 10.1. The van der Waals surface area contributed by atoms with Crippen molar-refractivity contribution in [3.05, 3.63) is 22.4 Å². The number of hydrazone groups is 1. The van der Waals surface area contributed by atoms with E-state index in [1.54, 1.807) is 11.3 Å². The van der Waals surface area contributed by atoms with Gasteiger partial charge in [0.05, 0.1) is 14.4 Å². The van der Waals surface area contributed by atoms with Crippen LogP contribution in [0.3, 0.4) is 0 Å². The number of thiophene rings is 1. The van der Waals surface area contributed by atoms with E-state index in [1.807, 2.05) is 31.4 Å². The summed E-state index contributed by atoms with van der Waals surface area (Å²) in [6, 6.07) is 3.94. The molecule has 1 aliphatic rings. The van der Waals surface area contributed by atoms with Gasteiger partial charge in [0.2, 0.25) is 5.91 Å². The Bertz CT molecular complexity index is 470. The number of amides is 1. The summed E-state index contributed by atoms with van der Waals surface area (Å²) in [7, 11) is 0. The molecule has 1 atom stereocenters. The zero-order valence-electron chi connectivity index (χ0n) is 9.46. The number of nitrogens with one attached hydrogen (secondary N) is 1. The van der Waals surface area contributed by atoms with Crippen LogP contribution in [0, 0.1) is 5.41 Å². The van der Waals surface area contributed by atoms with Crippen LogP contribution in [0.25, 0.3) is 0 Å². The molecule has 2 rings (SSSR count). The van der Waals surface area contributed by atoms with Gasteiger partial charge in [0.1, 0.15) is 0 Å². The van der Waals surface area contributed by atoms with E-state index in [-0.39, 0.29) is 9.14 Å². The molecule has 0 aromatic carbocycles. The number of carbonyl (C=O) groups excluding carboxylic acids is 1. The number of carbonyl (C=O) groups is 1. The minimum Gasteiger partial charge on any atom is -0.272 e. The Hall–Kier alpha value is -0.200. The predicted octanol–water partition coefficient (Wildman–Crippen LogP) is 3.48. The number of rotatable bonds is 3. The summed E-state index contributed by atoms with van der Waals surface area (Å²) in [6.07, 6.45) is 0.763. The normalized spacial score (nSPS) is 26.7. The Labute approximate surface area is 121 Å². The van der Waals surface area contributed by atoms with Gasteiger partial charge in [-0.25, -0.2) is 5.43 Å². The lowest BCUT2D eigenvalue weighted by molar-refractivity contribution is -0.125. The minimum absolute atomic E-state index is 0.0674. The largest absolute Gasteiger partial charge is 0.272 e. The highest BCUT2D eigenvalue weighted by Gasteiger charge is 2.66. The molecule has 0 aliphatic heterocycles. The highest BCUT2D eigenvalue weighted by atomic mass is 79.9. The van der Waals surface area contributed by atoms with Crippen LogP contribution in [0.1, 0.15) is 25.1 Å². The van der Waals surface area contributed by atoms with E-state index in [2.05, 4.69) is 42.4 Å². The lowest BCUT2D eigenvalue weighted by Gasteiger charge is -2.10. The van der Waals surface area contributed by atoms with E-state index >= 15 is 0 Å². The average molecular weight is 380 g/mol. The second-order valence-electron chi connectivity index (χ2n) is 4.33. The minimum atomic E-state index is -0.424. The van der Waals surface area contributed by atoms with Gasteiger partial charge in [0.25, 0.3) is 0 Å². The van der Waals surface area contributed by atoms with Crippen LogP contribution < -0.4 is 5.43 Å². The molecule has 1 heterocycles. The monoisotopic (exact) mass is 378 g/mol. The number of hydrogen-bond acceptors (Lipinski definition) is 3. The van der Waals surface area contributed by atoms with Gasteiger partial charge in [0, 0.05) is 4.88 Å². The summed E-state index contributed by atoms with van der Waals surface area (Å²) in [5, 5.41) is 6.11. The van der Waals surface area contributed by atoms with Gasteiger partial charge in [0.15, 0.2) is 0 Å². The first-order chi connectivity index (χ1) is 7.87. The second kappa shape index (κ2) is 4.48. The van der Waals surface area contributed by atoms with Crippen LogP contribution in [-0.4, -0.2) is 14.9 Å². The van der Waals surface area contributed by atoms with Gasteiger partial charge in [-0.1, -0.05) is 37.9 Å². The topological polar surface area (TPSA) is 41.5 Å². The molecule has 1 aliphatic carbocycles. The maximum absolute atomic E-state index is 11.9. The first-order valence-electron chi connectivity index (χ1n) is 5.13. The fourth-order valence-corrected chi connectivity index (χ4v) is 3.60. The molecule has 3 nitrogen and oxygen atoms in total. The molecule has 1 amide bonds. The van der Waals surface area contributed by atoms with Crippen molar-refractivity contribution < 1.29 is 4.79 Å². The van der Waals surface area contributed by atoms with Crippen LogP contribution in [0.2, 0.25) is 0 Å². The third-order valence-corrected chi connectivity index (χ3v) is 6.25. The fraction of sp³-hybridized carbons (Fsp3) is 0.455. The Balaban J connectivity index is 2.00. The summed E-state index contributed by atoms with van der Waals surface area (Å²) in [4.78, 5) is 13.0. The van der Waals surface area contributed by atoms with Crippen molar-refractivity contribution in [2.45, 2.75) is 23.5 Å². The zero-order chi connectivity index (χ0) is 12.7. The molecule has 1 saturated carbocycles. The first kappa shape index (κ1) is 13.2. The molecule has 1 aromatic rings. The van der Waals surface area contributed by atoms with E-state index in [0.717, 1.165) is 17.0 Å². The molecule has 1 N–H and O–H groups in total. The SMILES string of the molecule is CC(=NNC(=O)C1(C)CC1(Br)Br)c1cccs1. The standard InChI is InChI=1S/C11H12Br2N2OS/c1-7(8-4-3-5-17-8)14-15-9(16)10(2)6-11(10,12)13/h3-5H,6H2,1-2H3,(H,15,16). The van der Waals surface area contributed by atoms with Gasteiger partial charge < -0.3 is 0 Å². The van der Waals surface area contributed by atoms with Crippen molar-refractivity contribution in [3.8, 4) is 0 Å². The Morgan fingerprint density at radius 2 is 2.24 bits per heavy atom. The number of alkyl halides is 2. The molecule has 6 heteroatoms. The molecule has 0 bridgehead atoms. The molecule has 1 fully saturated rings. The fourth-order valence-electron chi connectivity index (χ4n) is 1.44. The van der Waals surface area contributed by atoms with E-state index in [9.17, 15) is 4.79 Å². The quantitative estimate of drug-likeness (QED) is 0.487. The molecule has 92 valence electrons. The van der Waals surface area contributed by atoms with Gasteiger partial charge in [-0.2, -0.15) is 5.10 Å². The predicted molar refractivity (Wildman–Crippen MR) is 78.0 cm³/mol. The zero-order valence-corrected chi connectivity index (χ0v) is 13.4. The van der Waals surface area contributed by atoms with Gasteiger partial charge in [-0.15, -0.1) is 11.3 Å². The first-order valence-corrected chi connectivity index (χ1v) is 7.60. The molecule has 1 unspecified atom stereocenters. The molecule has 1 aromatic heterocycles. The third kappa shape index (κ3) is 2.48. The highest BCUT2D eigenvalue weighted by molar-refractivity contribution is 9.25. The third-order valence-electron chi connectivity index (χ3n) is 2.96. The van der Waals surface area contributed by atoms with Gasteiger partial charge >= 0.3 is 0 Å². The number of nitrogens with zero attached hydrogens (tertiary/aromatic N) is 1. The van der Waals surface area contributed by atoms with Crippen molar-refractivity contribution in [2.24, 2.45) is 10.5 Å². The van der Waals surface area contributed by atoms with Crippen LogP contribution in [0.5, 0.6) is 0 Å². The maximum atomic E-state index is 11.9. The van der Waals surface area contributed by atoms with Crippen molar-refractivity contribution in [1.82, 2.24) is 5.43 Å². The molecule has 0 saturated heterocycles. The molecule has 17 heavy (non-hydrogen) atoms. The maximum Gasteiger partial charge on any atom is 0.248 e. The van der Waals surface area contributed by atoms with E-state index < -0.39 is 5.41 Å². The van der Waals surface area contributed by atoms with Gasteiger partial charge in [-0.05, 0) is 31.7 Å². The van der Waals surface area contributed by atoms with Crippen LogP contribution >= 0.6 is 43.2 Å². The Morgan fingerprint density at radius 1 is 1.59 bits per heavy atom. The number of halogens is 2. The van der Waals surface area contributed by atoms with Gasteiger partial charge in [-0.3, -0.25) is 4.79 Å². The van der Waals surface area contributed by atoms with Crippen LogP contribution in [-0.2, 0) is 4.79 Å². The van der Waals surface area contributed by atoms with E-state index in [4.69, 9.17) is 0 Å². The highest BCUT2D eigenvalue weighted by Crippen LogP contribution is 2.66. The molecular formula is C11H12Br2N2OS. The van der Waals surface area contributed by atoms with Crippen LogP contribution in [0.4, 0.5) is 0 Å². The average Bonchev–Trinajstić information content (AvgIpc) is 2.73. The summed E-state index contributed by atoms with van der Waals surface area (Å²) in [5.41, 5.74) is 3.03. The van der Waals surface area contributed by atoms with Crippen LogP contribution in [0.15, 0.2) is 22.6 Å². The summed E-state index contributed by atoms with van der Waals surface area (Å²) >= 11 is 8.53. The Morgan fingerprint density at radius 3 is 2.71 bits per heavy atom. The molecule has 0 radical (unpaired) electrons. The smallest absolute Gasteiger partial charge is 0.248 e. The second-order valence-corrected chi connectivity index (χ2v) is 9.05. The summed E-state index contributed by atoms with van der Waals surface area (Å²) < 4.78 is -0.274. The summed E-state index contributed by atoms with van der Waals surface area (Å²) in [5.74, 6) is -0.0674. The van der Waals surface area contributed by atoms with Crippen molar-refractivity contribution >= 4 is 54.8 Å². The lowest BCUT2D eigenvalue weighted by Crippen LogP contribution is -2.30. The Kier molecular flexibility index (Phi) is 3.49. The van der Waals surface area contributed by atoms with E-state index in [1.165, 1.54) is 0 Å². The van der Waals surface area contributed by atoms with E-state index in [0.29, 0.717) is 0 Å². The van der Waals surface area contributed by atoms with Crippen molar-refractivity contribution in [1.29, 1.82) is 0 Å². The summed E-state index contributed by atoms with van der Waals surface area (Å²) in [6.45, 7) is 3.79. The molecular weight excluding hydrogens is 368 g/mol. The number of hydrogen-bond donors (Lipinski definition) is 1. The molecule has 0 spiro atoms. The van der Waals surface area contributed by atoms with Crippen molar-refractivity contribution in [2.75, 3.05) is 0 Å².